The quantitative estimate of drug-likeness (QED) is 0.632. The van der Waals surface area contributed by atoms with Crippen LogP contribution in [-0.2, 0) is 4.79 Å². The van der Waals surface area contributed by atoms with Crippen LogP contribution >= 0.6 is 0 Å². The maximum Gasteiger partial charge on any atom is 0.222 e. The minimum absolute atomic E-state index is 0.350. The lowest BCUT2D eigenvalue weighted by molar-refractivity contribution is -0.127. The van der Waals surface area contributed by atoms with E-state index in [1.54, 1.807) is 0 Å². The highest BCUT2D eigenvalue weighted by molar-refractivity contribution is 5.78. The van der Waals surface area contributed by atoms with Crippen molar-refractivity contribution in [3.8, 4) is 0 Å². The molecular formula is C10H19NO. The molecule has 0 saturated carbocycles. The van der Waals surface area contributed by atoms with Gasteiger partial charge in [0.2, 0.25) is 5.91 Å². The first-order valence-electron chi connectivity index (χ1n) is 4.87. The van der Waals surface area contributed by atoms with Gasteiger partial charge >= 0.3 is 0 Å². The van der Waals surface area contributed by atoms with Crippen LogP contribution in [0, 0.1) is 11.8 Å². The Bertz CT molecular complexity index is 165. The molecule has 1 fully saturated rings. The second-order valence-corrected chi connectivity index (χ2v) is 4.33. The molecule has 1 unspecified atom stereocenters. The van der Waals surface area contributed by atoms with Crippen molar-refractivity contribution in [2.75, 3.05) is 13.1 Å². The van der Waals surface area contributed by atoms with Crippen molar-refractivity contribution in [1.29, 1.82) is 0 Å². The zero-order valence-electron chi connectivity index (χ0n) is 8.34. The largest absolute Gasteiger partial charge is 0.342 e. The van der Waals surface area contributed by atoms with Gasteiger partial charge in [-0.3, -0.25) is 4.79 Å². The number of carbonyl (C=O) groups excluding carboxylic acids is 1. The van der Waals surface area contributed by atoms with Crippen molar-refractivity contribution in [2.45, 2.75) is 33.6 Å². The summed E-state index contributed by atoms with van der Waals surface area (Å²) in [6.07, 6.45) is 1.90. The summed E-state index contributed by atoms with van der Waals surface area (Å²) in [6.45, 7) is 8.48. The molecule has 1 heterocycles. The average molecular weight is 169 g/mol. The van der Waals surface area contributed by atoms with Gasteiger partial charge in [0.15, 0.2) is 0 Å². The van der Waals surface area contributed by atoms with E-state index in [2.05, 4.69) is 20.8 Å². The van der Waals surface area contributed by atoms with Crippen molar-refractivity contribution in [1.82, 2.24) is 4.90 Å². The molecule has 1 amide bonds. The van der Waals surface area contributed by atoms with Crippen LogP contribution in [0.2, 0.25) is 0 Å². The maximum atomic E-state index is 11.3. The predicted molar refractivity (Wildman–Crippen MR) is 49.8 cm³/mol. The Balaban J connectivity index is 2.28. The third-order valence-corrected chi connectivity index (χ3v) is 2.38. The van der Waals surface area contributed by atoms with E-state index in [9.17, 15) is 4.79 Å². The smallest absolute Gasteiger partial charge is 0.222 e. The zero-order chi connectivity index (χ0) is 9.14. The van der Waals surface area contributed by atoms with Gasteiger partial charge in [0, 0.05) is 19.5 Å². The Morgan fingerprint density at radius 3 is 2.67 bits per heavy atom. The van der Waals surface area contributed by atoms with Gasteiger partial charge in [-0.25, -0.2) is 0 Å². The molecule has 0 aliphatic carbocycles. The molecule has 0 aromatic rings. The molecule has 0 spiro atoms. The number of likely N-dealkylation sites (tertiary alicyclic amines) is 1. The van der Waals surface area contributed by atoms with E-state index in [1.165, 1.54) is 0 Å². The molecule has 0 bridgehead atoms. The van der Waals surface area contributed by atoms with Gasteiger partial charge in [-0.05, 0) is 18.3 Å². The molecule has 2 heteroatoms. The van der Waals surface area contributed by atoms with Gasteiger partial charge in [0.1, 0.15) is 0 Å². The van der Waals surface area contributed by atoms with E-state index in [-0.39, 0.29) is 0 Å². The maximum absolute atomic E-state index is 11.3. The number of hydrogen-bond donors (Lipinski definition) is 0. The lowest BCUT2D eigenvalue weighted by atomic mass is 10.1. The summed E-state index contributed by atoms with van der Waals surface area (Å²) >= 11 is 0. The lowest BCUT2D eigenvalue weighted by Crippen LogP contribution is -2.26. The van der Waals surface area contributed by atoms with Crippen LogP contribution in [0.4, 0.5) is 0 Å². The number of hydrogen-bond acceptors (Lipinski definition) is 1. The highest BCUT2D eigenvalue weighted by Crippen LogP contribution is 2.17. The van der Waals surface area contributed by atoms with E-state index < -0.39 is 0 Å². The fourth-order valence-electron chi connectivity index (χ4n) is 1.60. The highest BCUT2D eigenvalue weighted by atomic mass is 16.2. The van der Waals surface area contributed by atoms with Crippen molar-refractivity contribution in [2.24, 2.45) is 11.8 Å². The van der Waals surface area contributed by atoms with Gasteiger partial charge in [-0.2, -0.15) is 0 Å². The molecule has 0 N–H and O–H groups in total. The fraction of sp³-hybridized carbons (Fsp3) is 0.900. The summed E-state index contributed by atoms with van der Waals surface area (Å²) in [5, 5.41) is 0. The van der Waals surface area contributed by atoms with Gasteiger partial charge in [0.25, 0.3) is 0 Å². The second kappa shape index (κ2) is 3.92. The number of amides is 1. The van der Waals surface area contributed by atoms with Gasteiger partial charge in [-0.15, -0.1) is 0 Å². The third-order valence-electron chi connectivity index (χ3n) is 2.38. The summed E-state index contributed by atoms with van der Waals surface area (Å²) in [5.74, 6) is 1.63. The Kier molecular flexibility index (Phi) is 3.12. The van der Waals surface area contributed by atoms with Crippen LogP contribution in [0.15, 0.2) is 0 Å². The van der Waals surface area contributed by atoms with E-state index in [1.807, 2.05) is 4.90 Å². The fourth-order valence-corrected chi connectivity index (χ4v) is 1.60. The molecule has 1 saturated heterocycles. The predicted octanol–water partition coefficient (Wildman–Crippen LogP) is 1.90. The first-order valence-corrected chi connectivity index (χ1v) is 4.87. The van der Waals surface area contributed by atoms with Crippen LogP contribution in [0.3, 0.4) is 0 Å². The molecule has 1 rings (SSSR count). The van der Waals surface area contributed by atoms with Gasteiger partial charge in [-0.1, -0.05) is 20.8 Å². The van der Waals surface area contributed by atoms with Crippen LogP contribution in [0.1, 0.15) is 33.6 Å². The van der Waals surface area contributed by atoms with E-state index in [4.69, 9.17) is 0 Å². The summed E-state index contributed by atoms with van der Waals surface area (Å²) < 4.78 is 0. The molecule has 1 aliphatic heterocycles. The molecule has 70 valence electrons. The molecule has 12 heavy (non-hydrogen) atoms. The van der Waals surface area contributed by atoms with Crippen molar-refractivity contribution >= 4 is 5.91 Å². The molecule has 2 nitrogen and oxygen atoms in total. The Hall–Kier alpha value is -0.530. The summed E-state index contributed by atoms with van der Waals surface area (Å²) in [5.41, 5.74) is 0. The summed E-state index contributed by atoms with van der Waals surface area (Å²) in [4.78, 5) is 13.3. The van der Waals surface area contributed by atoms with Crippen LogP contribution < -0.4 is 0 Å². The van der Waals surface area contributed by atoms with Crippen molar-refractivity contribution in [3.05, 3.63) is 0 Å². The minimum Gasteiger partial charge on any atom is -0.342 e. The van der Waals surface area contributed by atoms with Gasteiger partial charge < -0.3 is 4.90 Å². The number of rotatable bonds is 3. The number of carbonyl (C=O) groups is 1. The first kappa shape index (κ1) is 9.56. The highest BCUT2D eigenvalue weighted by Gasteiger charge is 2.25. The van der Waals surface area contributed by atoms with Crippen LogP contribution in [-0.4, -0.2) is 23.9 Å². The Morgan fingerprint density at radius 2 is 2.25 bits per heavy atom. The normalized spacial score (nSPS) is 24.2. The molecule has 0 aromatic heterocycles. The number of nitrogens with zero attached hydrogens (tertiary/aromatic N) is 1. The van der Waals surface area contributed by atoms with Gasteiger partial charge in [0.05, 0.1) is 0 Å². The van der Waals surface area contributed by atoms with Crippen molar-refractivity contribution < 1.29 is 4.79 Å². The molecule has 0 radical (unpaired) electrons. The van der Waals surface area contributed by atoms with Crippen molar-refractivity contribution in [3.63, 3.8) is 0 Å². The Morgan fingerprint density at radius 1 is 1.58 bits per heavy atom. The van der Waals surface area contributed by atoms with E-state index in [0.717, 1.165) is 25.9 Å². The minimum atomic E-state index is 0.350. The molecule has 1 atom stereocenters. The van der Waals surface area contributed by atoms with Crippen LogP contribution in [0.25, 0.3) is 0 Å². The Labute approximate surface area is 74.9 Å². The van der Waals surface area contributed by atoms with E-state index in [0.29, 0.717) is 17.7 Å². The topological polar surface area (TPSA) is 20.3 Å². The average Bonchev–Trinajstić information content (AvgIpc) is 2.26. The van der Waals surface area contributed by atoms with E-state index >= 15 is 0 Å². The SMILES string of the molecule is CC(C)CCN1CC(C)CC1=O. The molecular weight excluding hydrogens is 150 g/mol. The first-order chi connectivity index (χ1) is 5.59. The monoisotopic (exact) mass is 169 g/mol. The summed E-state index contributed by atoms with van der Waals surface area (Å²) in [7, 11) is 0. The summed E-state index contributed by atoms with van der Waals surface area (Å²) in [6, 6.07) is 0. The lowest BCUT2D eigenvalue weighted by Gasteiger charge is -2.16. The standard InChI is InChI=1S/C10H19NO/c1-8(2)4-5-11-7-9(3)6-10(11)12/h8-9H,4-7H2,1-3H3. The van der Waals surface area contributed by atoms with Crippen LogP contribution in [0.5, 0.6) is 0 Å². The molecule has 0 aromatic carbocycles. The second-order valence-electron chi connectivity index (χ2n) is 4.33. The third kappa shape index (κ3) is 2.50. The zero-order valence-corrected chi connectivity index (χ0v) is 8.34. The molecule has 1 aliphatic rings.